The molecule has 1 heterocycles. The van der Waals surface area contributed by atoms with Crippen LogP contribution in [0.4, 0.5) is 25.2 Å². The van der Waals surface area contributed by atoms with Crippen LogP contribution in [0, 0.1) is 0 Å². The van der Waals surface area contributed by atoms with Crippen molar-refractivity contribution >= 4 is 33.1 Å². The van der Waals surface area contributed by atoms with Gasteiger partial charge in [-0.3, -0.25) is 0 Å². The third kappa shape index (κ3) is 4.59. The second-order valence-electron chi connectivity index (χ2n) is 4.60. The van der Waals surface area contributed by atoms with Crippen molar-refractivity contribution in [3.8, 4) is 0 Å². The van der Waals surface area contributed by atoms with E-state index in [1.807, 2.05) is 4.86 Å². The Balaban J connectivity index is 3.64. The average molecular weight is 440 g/mol. The molecule has 1 aliphatic heterocycles. The van der Waals surface area contributed by atoms with Crippen LogP contribution in [0.1, 0.15) is 27.7 Å². The molecule has 0 aromatic carbocycles. The van der Waals surface area contributed by atoms with Crippen molar-refractivity contribution in [2.75, 3.05) is 26.2 Å². The van der Waals surface area contributed by atoms with E-state index in [-0.39, 0.29) is 30.7 Å². The van der Waals surface area contributed by atoms with Gasteiger partial charge in [-0.05, 0) is 0 Å². The standard InChI is InChI=1S/C8H22F6N6P4/c1-5-17(6-2)19-21-15-22(9)16-23(10,11)20(18(7-3)8-4)24(19,12,13)14/h15,21H,5-8H2,1-4H3. The molecule has 146 valence electrons. The van der Waals surface area contributed by atoms with Gasteiger partial charge in [-0.1, -0.05) is 0 Å². The summed E-state index contributed by atoms with van der Waals surface area (Å²) in [5.74, 6) is 0. The maximum absolute atomic E-state index is 15.1. The normalized spacial score (nSPS) is 30.5. The minimum absolute atomic E-state index is 0.0403. The zero-order chi connectivity index (χ0) is 18.8. The number of hydrazine groups is 2. The summed E-state index contributed by atoms with van der Waals surface area (Å²) in [4.78, 5) is 1.87. The van der Waals surface area contributed by atoms with Gasteiger partial charge in [-0.2, -0.15) is 0 Å². The molecule has 0 fully saturated rings. The summed E-state index contributed by atoms with van der Waals surface area (Å²) in [7, 11) is -18.4. The Morgan fingerprint density at radius 1 is 1.04 bits per heavy atom. The average Bonchev–Trinajstić information content (AvgIpc) is 2.46. The van der Waals surface area contributed by atoms with Crippen molar-refractivity contribution in [3.05, 3.63) is 0 Å². The molecule has 1 aliphatic rings. The Morgan fingerprint density at radius 2 is 1.50 bits per heavy atom. The SMILES string of the molecule is CCN(CC)N1PNP(F)N=P(F)(F)N(N(CC)CC)P1(F)(F)F. The van der Waals surface area contributed by atoms with Gasteiger partial charge in [0.2, 0.25) is 0 Å². The molecule has 0 radical (unpaired) electrons. The molecule has 0 aliphatic carbocycles. The molecule has 0 saturated heterocycles. The molecule has 0 saturated carbocycles. The zero-order valence-corrected chi connectivity index (χ0v) is 17.4. The first-order valence-electron chi connectivity index (χ1n) is 7.20. The molecule has 24 heavy (non-hydrogen) atoms. The first-order chi connectivity index (χ1) is 10.9. The first-order valence-corrected chi connectivity index (χ1v) is 12.6. The van der Waals surface area contributed by atoms with Gasteiger partial charge in [0, 0.05) is 0 Å². The Kier molecular flexibility index (Phi) is 7.92. The van der Waals surface area contributed by atoms with Crippen LogP contribution < -0.4 is 4.86 Å². The molecule has 1 N–H and O–H groups in total. The summed E-state index contributed by atoms with van der Waals surface area (Å²) in [5, 5.41) is 1.40. The topological polar surface area (TPSA) is 37.4 Å². The van der Waals surface area contributed by atoms with Crippen molar-refractivity contribution < 1.29 is 25.2 Å². The first kappa shape index (κ1) is 22.9. The third-order valence-electron chi connectivity index (χ3n) is 3.21. The molecule has 0 aromatic heterocycles. The number of halogens is 6. The Labute approximate surface area is 141 Å². The van der Waals surface area contributed by atoms with Gasteiger partial charge >= 0.3 is 141 Å². The quantitative estimate of drug-likeness (QED) is 0.386. The molecule has 2 atom stereocenters. The van der Waals surface area contributed by atoms with Gasteiger partial charge in [0.25, 0.3) is 0 Å². The monoisotopic (exact) mass is 440 g/mol. The number of rotatable bonds is 6. The number of hydrogen-bond acceptors (Lipinski definition) is 6. The molecular weight excluding hydrogens is 418 g/mol. The summed E-state index contributed by atoms with van der Waals surface area (Å²) in [6, 6.07) is 0. The van der Waals surface area contributed by atoms with Crippen LogP contribution in [0.25, 0.3) is 0 Å². The van der Waals surface area contributed by atoms with Gasteiger partial charge in [0.1, 0.15) is 0 Å². The Hall–Kier alpha value is 0.900. The molecule has 0 amide bonds. The van der Waals surface area contributed by atoms with Crippen molar-refractivity contribution in [2.45, 2.75) is 27.7 Å². The van der Waals surface area contributed by atoms with Gasteiger partial charge in [0.05, 0.1) is 0 Å². The van der Waals surface area contributed by atoms with E-state index in [0.29, 0.717) is 5.01 Å². The van der Waals surface area contributed by atoms with E-state index < -0.39 is 37.6 Å². The Morgan fingerprint density at radius 3 is 1.92 bits per heavy atom. The summed E-state index contributed by atoms with van der Waals surface area (Å²) in [6.45, 7) is 4.99. The molecule has 0 aromatic rings. The van der Waals surface area contributed by atoms with Crippen LogP contribution in [-0.2, 0) is 0 Å². The summed E-state index contributed by atoms with van der Waals surface area (Å²) < 4.78 is 89.5. The molecule has 1 rings (SSSR count). The van der Waals surface area contributed by atoms with E-state index in [2.05, 4.69) is 4.52 Å². The van der Waals surface area contributed by atoms with Crippen LogP contribution in [-0.4, -0.2) is 45.3 Å². The zero-order valence-electron chi connectivity index (χ0n) is 13.7. The fraction of sp³-hybridized carbons (Fsp3) is 1.00. The van der Waals surface area contributed by atoms with Crippen LogP contribution in [0.5, 0.6) is 0 Å². The Bertz CT molecular complexity index is 477. The van der Waals surface area contributed by atoms with Crippen LogP contribution in [0.3, 0.4) is 0 Å². The molecule has 2 unspecified atom stereocenters. The van der Waals surface area contributed by atoms with E-state index in [1.54, 1.807) is 0 Å². The molecule has 16 heteroatoms. The van der Waals surface area contributed by atoms with Gasteiger partial charge in [-0.15, -0.1) is 0 Å². The third-order valence-corrected chi connectivity index (χ3v) is 11.4. The molecular formula is C8H22F6N6P4. The van der Waals surface area contributed by atoms with Crippen molar-refractivity contribution in [3.63, 3.8) is 0 Å². The van der Waals surface area contributed by atoms with E-state index in [9.17, 15) is 12.6 Å². The fourth-order valence-corrected chi connectivity index (χ4v) is 10.3. The van der Waals surface area contributed by atoms with Crippen LogP contribution >= 0.6 is 33.1 Å². The molecule has 0 spiro atoms. The number of hydrogen-bond donors (Lipinski definition) is 1. The van der Waals surface area contributed by atoms with E-state index in [0.717, 1.165) is 5.01 Å². The second-order valence-corrected chi connectivity index (χ2v) is 11.6. The minimum atomic E-state index is -7.79. The summed E-state index contributed by atoms with van der Waals surface area (Å²) in [5.41, 5.74) is 0. The van der Waals surface area contributed by atoms with Gasteiger partial charge in [0.15, 0.2) is 0 Å². The van der Waals surface area contributed by atoms with Crippen molar-refractivity contribution in [1.29, 1.82) is 0 Å². The number of nitrogens with one attached hydrogen (secondary N) is 1. The van der Waals surface area contributed by atoms with Crippen LogP contribution in [0.2, 0.25) is 0 Å². The van der Waals surface area contributed by atoms with E-state index >= 15 is 12.6 Å². The number of nitrogens with zero attached hydrogens (tertiary/aromatic N) is 5. The molecule has 6 nitrogen and oxygen atoms in total. The van der Waals surface area contributed by atoms with Gasteiger partial charge < -0.3 is 0 Å². The van der Waals surface area contributed by atoms with E-state index in [1.165, 1.54) is 27.7 Å². The predicted octanol–water partition coefficient (Wildman–Crippen LogP) is 6.33. The maximum atomic E-state index is 15.1. The summed E-state index contributed by atoms with van der Waals surface area (Å²) >= 11 is 0. The predicted molar refractivity (Wildman–Crippen MR) is 90.8 cm³/mol. The van der Waals surface area contributed by atoms with Crippen LogP contribution in [0.15, 0.2) is 4.52 Å². The fourth-order valence-electron chi connectivity index (χ4n) is 2.15. The second kappa shape index (κ2) is 8.28. The molecule has 0 bridgehead atoms. The van der Waals surface area contributed by atoms with Gasteiger partial charge in [-0.25, -0.2) is 0 Å². The van der Waals surface area contributed by atoms with E-state index in [4.69, 9.17) is 0 Å². The van der Waals surface area contributed by atoms with Crippen molar-refractivity contribution in [1.82, 2.24) is 24.0 Å². The van der Waals surface area contributed by atoms with Crippen molar-refractivity contribution in [2.24, 2.45) is 4.52 Å². The summed E-state index contributed by atoms with van der Waals surface area (Å²) in [6.07, 6.45) is 0.